The van der Waals surface area contributed by atoms with Crippen LogP contribution in [0.25, 0.3) is 6.08 Å². The van der Waals surface area contributed by atoms with E-state index in [-0.39, 0.29) is 17.1 Å². The minimum atomic E-state index is -0.328. The van der Waals surface area contributed by atoms with E-state index in [4.69, 9.17) is 14.2 Å². The van der Waals surface area contributed by atoms with Crippen LogP contribution in [-0.2, 0) is 0 Å². The molecule has 0 amide bonds. The van der Waals surface area contributed by atoms with E-state index in [0.717, 1.165) is 5.56 Å². The van der Waals surface area contributed by atoms with Gasteiger partial charge < -0.3 is 19.3 Å². The topological polar surface area (TPSA) is 65.0 Å². The molecule has 0 aliphatic carbocycles. The summed E-state index contributed by atoms with van der Waals surface area (Å²) in [5.41, 5.74) is 0.914. The summed E-state index contributed by atoms with van der Waals surface area (Å²) in [7, 11) is 3.11. The molecule has 25 heavy (non-hydrogen) atoms. The molecule has 0 radical (unpaired) electrons. The van der Waals surface area contributed by atoms with Crippen molar-refractivity contribution in [3.05, 3.63) is 66.3 Å². The number of rotatable bonds is 8. The highest BCUT2D eigenvalue weighted by molar-refractivity contribution is 6.08. The molecule has 0 aromatic heterocycles. The van der Waals surface area contributed by atoms with E-state index in [1.54, 1.807) is 50.6 Å². The van der Waals surface area contributed by atoms with Gasteiger partial charge in [0.1, 0.15) is 29.6 Å². The Hall–Kier alpha value is -3.21. The van der Waals surface area contributed by atoms with Crippen molar-refractivity contribution < 1.29 is 24.1 Å². The molecule has 0 heterocycles. The number of phenolic OH excluding ortho intramolecular Hbond substituents is 1. The number of benzene rings is 2. The molecule has 0 aliphatic heterocycles. The Kier molecular flexibility index (Phi) is 6.23. The second kappa shape index (κ2) is 8.59. The predicted octanol–water partition coefficient (Wildman–Crippen LogP) is 3.87. The van der Waals surface area contributed by atoms with Gasteiger partial charge in [0.2, 0.25) is 0 Å². The lowest BCUT2D eigenvalue weighted by Crippen LogP contribution is -1.97. The zero-order valence-electron chi connectivity index (χ0n) is 14.2. The van der Waals surface area contributed by atoms with E-state index in [2.05, 4.69) is 6.58 Å². The summed E-state index contributed by atoms with van der Waals surface area (Å²) in [5, 5.41) is 10.0. The molecule has 0 unspecified atom stereocenters. The largest absolute Gasteiger partial charge is 0.507 e. The van der Waals surface area contributed by atoms with Crippen LogP contribution in [-0.4, -0.2) is 31.7 Å². The molecule has 2 rings (SSSR count). The maximum Gasteiger partial charge on any atom is 0.189 e. The van der Waals surface area contributed by atoms with Crippen molar-refractivity contribution in [3.63, 3.8) is 0 Å². The SMILES string of the molecule is C=CCOc1ccc(C(=O)/C=C/c2ccc(OC)cc2OC)c(O)c1. The van der Waals surface area contributed by atoms with Crippen LogP contribution in [0, 0.1) is 0 Å². The Labute approximate surface area is 146 Å². The number of ether oxygens (including phenoxy) is 3. The number of methoxy groups -OCH3 is 2. The number of aromatic hydroxyl groups is 1. The third-order valence-corrected chi connectivity index (χ3v) is 3.46. The maximum absolute atomic E-state index is 12.3. The number of carbonyl (C=O) groups is 1. The van der Waals surface area contributed by atoms with Gasteiger partial charge in [-0.15, -0.1) is 0 Å². The monoisotopic (exact) mass is 340 g/mol. The molecule has 0 atom stereocenters. The lowest BCUT2D eigenvalue weighted by Gasteiger charge is -2.08. The molecule has 0 fully saturated rings. The van der Waals surface area contributed by atoms with Crippen LogP contribution in [0.2, 0.25) is 0 Å². The van der Waals surface area contributed by atoms with E-state index >= 15 is 0 Å². The van der Waals surface area contributed by atoms with Crippen LogP contribution < -0.4 is 14.2 Å². The van der Waals surface area contributed by atoms with Gasteiger partial charge in [0, 0.05) is 17.7 Å². The van der Waals surface area contributed by atoms with Crippen LogP contribution in [0.15, 0.2) is 55.1 Å². The Morgan fingerprint density at radius 1 is 1.12 bits per heavy atom. The molecule has 0 saturated heterocycles. The van der Waals surface area contributed by atoms with Crippen molar-refractivity contribution in [1.82, 2.24) is 0 Å². The third kappa shape index (κ3) is 4.64. The molecular weight excluding hydrogens is 320 g/mol. The first-order valence-corrected chi connectivity index (χ1v) is 7.60. The average molecular weight is 340 g/mol. The van der Waals surface area contributed by atoms with Crippen LogP contribution in [0.3, 0.4) is 0 Å². The second-order valence-corrected chi connectivity index (χ2v) is 5.08. The molecule has 1 N–H and O–H groups in total. The molecule has 0 saturated carbocycles. The van der Waals surface area contributed by atoms with Crippen molar-refractivity contribution in [1.29, 1.82) is 0 Å². The van der Waals surface area contributed by atoms with Crippen LogP contribution >= 0.6 is 0 Å². The molecule has 2 aromatic carbocycles. The summed E-state index contributed by atoms with van der Waals surface area (Å²) in [6.45, 7) is 3.88. The molecule has 2 aromatic rings. The highest BCUT2D eigenvalue weighted by atomic mass is 16.5. The maximum atomic E-state index is 12.3. The fourth-order valence-corrected chi connectivity index (χ4v) is 2.18. The second-order valence-electron chi connectivity index (χ2n) is 5.08. The van der Waals surface area contributed by atoms with E-state index < -0.39 is 0 Å². The highest BCUT2D eigenvalue weighted by Crippen LogP contribution is 2.27. The number of hydrogen-bond donors (Lipinski definition) is 1. The van der Waals surface area contributed by atoms with Gasteiger partial charge in [0.15, 0.2) is 5.78 Å². The van der Waals surface area contributed by atoms with Gasteiger partial charge in [-0.25, -0.2) is 0 Å². The van der Waals surface area contributed by atoms with Crippen LogP contribution in [0.1, 0.15) is 15.9 Å². The van der Waals surface area contributed by atoms with Crippen molar-refractivity contribution in [3.8, 4) is 23.0 Å². The predicted molar refractivity (Wildman–Crippen MR) is 96.7 cm³/mol. The minimum Gasteiger partial charge on any atom is -0.507 e. The van der Waals surface area contributed by atoms with Gasteiger partial charge in [0.05, 0.1) is 19.8 Å². The summed E-state index contributed by atoms with van der Waals surface area (Å²) in [6.07, 6.45) is 4.60. The van der Waals surface area contributed by atoms with Crippen molar-refractivity contribution in [2.24, 2.45) is 0 Å². The van der Waals surface area contributed by atoms with E-state index in [1.165, 1.54) is 18.2 Å². The number of phenols is 1. The number of hydrogen-bond acceptors (Lipinski definition) is 5. The van der Waals surface area contributed by atoms with E-state index in [0.29, 0.717) is 23.9 Å². The standard InChI is InChI=1S/C20H20O5/c1-4-11-25-16-8-9-17(19(22)12-16)18(21)10-6-14-5-7-15(23-2)13-20(14)24-3/h4-10,12-13,22H,1,11H2,2-3H3/b10-6+. The van der Waals surface area contributed by atoms with Crippen LogP contribution in [0.5, 0.6) is 23.0 Å². The lowest BCUT2D eigenvalue weighted by atomic mass is 10.1. The van der Waals surface area contributed by atoms with Gasteiger partial charge in [-0.1, -0.05) is 12.7 Å². The molecule has 5 heteroatoms. The molecule has 5 nitrogen and oxygen atoms in total. The summed E-state index contributed by atoms with van der Waals surface area (Å²) in [4.78, 5) is 12.3. The number of carbonyl (C=O) groups excluding carboxylic acids is 1. The Morgan fingerprint density at radius 3 is 2.52 bits per heavy atom. The lowest BCUT2D eigenvalue weighted by molar-refractivity contribution is 0.104. The first-order chi connectivity index (χ1) is 12.1. The van der Waals surface area contributed by atoms with Crippen molar-refractivity contribution >= 4 is 11.9 Å². The van der Waals surface area contributed by atoms with Crippen LogP contribution in [0.4, 0.5) is 0 Å². The number of allylic oxidation sites excluding steroid dienone is 1. The van der Waals surface area contributed by atoms with Gasteiger partial charge >= 0.3 is 0 Å². The summed E-state index contributed by atoms with van der Waals surface area (Å²) >= 11 is 0. The van der Waals surface area contributed by atoms with Gasteiger partial charge in [-0.05, 0) is 36.4 Å². The zero-order valence-corrected chi connectivity index (χ0v) is 14.2. The van der Waals surface area contributed by atoms with E-state index in [9.17, 15) is 9.90 Å². The van der Waals surface area contributed by atoms with Gasteiger partial charge in [-0.2, -0.15) is 0 Å². The van der Waals surface area contributed by atoms with Crippen molar-refractivity contribution in [2.45, 2.75) is 0 Å². The molecule has 0 spiro atoms. The fourth-order valence-electron chi connectivity index (χ4n) is 2.18. The number of ketones is 1. The molecule has 130 valence electrons. The highest BCUT2D eigenvalue weighted by Gasteiger charge is 2.10. The zero-order chi connectivity index (χ0) is 18.2. The summed E-state index contributed by atoms with van der Waals surface area (Å²) in [5.74, 6) is 1.24. The molecule has 0 bridgehead atoms. The molecule has 0 aliphatic rings. The van der Waals surface area contributed by atoms with Crippen molar-refractivity contribution in [2.75, 3.05) is 20.8 Å². The van der Waals surface area contributed by atoms with Gasteiger partial charge in [-0.3, -0.25) is 4.79 Å². The summed E-state index contributed by atoms with van der Waals surface area (Å²) in [6, 6.07) is 9.83. The minimum absolute atomic E-state index is 0.141. The smallest absolute Gasteiger partial charge is 0.189 e. The third-order valence-electron chi connectivity index (χ3n) is 3.46. The molecular formula is C20H20O5. The average Bonchev–Trinajstić information content (AvgIpc) is 2.64. The normalized spacial score (nSPS) is 10.5. The van der Waals surface area contributed by atoms with Gasteiger partial charge in [0.25, 0.3) is 0 Å². The Bertz CT molecular complexity index is 793. The first kappa shape index (κ1) is 18.1. The Balaban J connectivity index is 2.19. The quantitative estimate of drug-likeness (QED) is 0.449. The van der Waals surface area contributed by atoms with E-state index in [1.807, 2.05) is 0 Å². The fraction of sp³-hybridized carbons (Fsp3) is 0.150. The first-order valence-electron chi connectivity index (χ1n) is 7.60. The summed E-state index contributed by atoms with van der Waals surface area (Å²) < 4.78 is 15.7. The Morgan fingerprint density at radius 2 is 1.88 bits per heavy atom.